The number of aliphatic imine (C=N–C) groups is 1. The number of rotatable bonds is 4. The second-order valence-corrected chi connectivity index (χ2v) is 6.31. The third kappa shape index (κ3) is 3.61. The molecule has 82 valence electrons. The largest absolute Gasteiger partial charge is 0.359 e. The SMILES string of the molecule is CCC1(C)CSC(=NCCS(C)=O)N1. The summed E-state index contributed by atoms with van der Waals surface area (Å²) in [5.41, 5.74) is 0.203. The molecule has 1 saturated heterocycles. The number of nitrogens with one attached hydrogen (secondary N) is 1. The van der Waals surface area contributed by atoms with Crippen LogP contribution in [0.15, 0.2) is 4.99 Å². The molecule has 0 spiro atoms. The second-order valence-electron chi connectivity index (χ2n) is 3.79. The lowest BCUT2D eigenvalue weighted by Crippen LogP contribution is -2.39. The molecule has 0 aliphatic carbocycles. The molecule has 1 aliphatic heterocycles. The Labute approximate surface area is 92.6 Å². The van der Waals surface area contributed by atoms with E-state index in [1.807, 2.05) is 0 Å². The summed E-state index contributed by atoms with van der Waals surface area (Å²) < 4.78 is 10.8. The summed E-state index contributed by atoms with van der Waals surface area (Å²) in [5.74, 6) is 1.74. The lowest BCUT2D eigenvalue weighted by Gasteiger charge is -2.20. The van der Waals surface area contributed by atoms with E-state index in [9.17, 15) is 4.21 Å². The molecule has 14 heavy (non-hydrogen) atoms. The highest BCUT2D eigenvalue weighted by atomic mass is 32.2. The fourth-order valence-electron chi connectivity index (χ4n) is 1.11. The predicted molar refractivity (Wildman–Crippen MR) is 65.5 cm³/mol. The molecule has 0 amide bonds. The molecular formula is C9H18N2OS2. The maximum Gasteiger partial charge on any atom is 0.157 e. The maximum absolute atomic E-state index is 10.8. The molecule has 0 aromatic heterocycles. The van der Waals surface area contributed by atoms with Crippen LogP contribution in [0.2, 0.25) is 0 Å². The van der Waals surface area contributed by atoms with E-state index in [2.05, 4.69) is 24.2 Å². The Bertz CT molecular complexity index is 255. The van der Waals surface area contributed by atoms with Crippen molar-refractivity contribution >= 4 is 27.7 Å². The van der Waals surface area contributed by atoms with Crippen molar-refractivity contribution < 1.29 is 4.21 Å². The number of amidine groups is 1. The topological polar surface area (TPSA) is 41.5 Å². The van der Waals surface area contributed by atoms with Gasteiger partial charge in [0.05, 0.1) is 6.54 Å². The van der Waals surface area contributed by atoms with Crippen LogP contribution in [0, 0.1) is 0 Å². The average molecular weight is 234 g/mol. The van der Waals surface area contributed by atoms with Crippen LogP contribution in [0.5, 0.6) is 0 Å². The van der Waals surface area contributed by atoms with Crippen molar-refractivity contribution in [1.82, 2.24) is 5.32 Å². The molecule has 0 aromatic carbocycles. The van der Waals surface area contributed by atoms with Crippen LogP contribution < -0.4 is 5.32 Å². The van der Waals surface area contributed by atoms with Gasteiger partial charge in [-0.15, -0.1) is 0 Å². The van der Waals surface area contributed by atoms with Gasteiger partial charge in [-0.25, -0.2) is 0 Å². The third-order valence-corrected chi connectivity index (χ3v) is 4.39. The standard InChI is InChI=1S/C9H18N2OS2/c1-4-9(2)7-13-8(11-9)10-5-6-14(3)12/h4-7H2,1-3H3,(H,10,11). The first-order valence-corrected chi connectivity index (χ1v) is 7.52. The zero-order chi connectivity index (χ0) is 10.6. The summed E-state index contributed by atoms with van der Waals surface area (Å²) in [7, 11) is -0.731. The minimum absolute atomic E-state index is 0.203. The molecule has 1 rings (SSSR count). The minimum atomic E-state index is -0.731. The predicted octanol–water partition coefficient (Wildman–Crippen LogP) is 1.23. The lowest BCUT2D eigenvalue weighted by molar-refractivity contribution is 0.466. The van der Waals surface area contributed by atoms with Crippen LogP contribution in [0.1, 0.15) is 20.3 Å². The van der Waals surface area contributed by atoms with E-state index in [1.54, 1.807) is 18.0 Å². The van der Waals surface area contributed by atoms with Gasteiger partial charge in [0.2, 0.25) is 0 Å². The third-order valence-electron chi connectivity index (χ3n) is 2.35. The van der Waals surface area contributed by atoms with Crippen LogP contribution in [0.25, 0.3) is 0 Å². The highest BCUT2D eigenvalue weighted by Crippen LogP contribution is 2.25. The fourth-order valence-corrected chi connectivity index (χ4v) is 2.69. The van der Waals surface area contributed by atoms with Crippen LogP contribution in [-0.2, 0) is 10.8 Å². The number of hydrogen-bond donors (Lipinski definition) is 1. The van der Waals surface area contributed by atoms with Gasteiger partial charge in [0, 0.05) is 34.1 Å². The summed E-state index contributed by atoms with van der Waals surface area (Å²) in [6.45, 7) is 5.05. The Balaban J connectivity index is 2.38. The molecule has 1 aliphatic rings. The van der Waals surface area contributed by atoms with Gasteiger partial charge in [0.15, 0.2) is 5.17 Å². The fraction of sp³-hybridized carbons (Fsp3) is 0.889. The Hall–Kier alpha value is -0.0300. The number of hydrogen-bond acceptors (Lipinski definition) is 3. The molecule has 2 unspecified atom stereocenters. The Morgan fingerprint density at radius 1 is 1.71 bits per heavy atom. The van der Waals surface area contributed by atoms with Crippen molar-refractivity contribution in [2.75, 3.05) is 24.3 Å². The molecule has 0 aromatic rings. The summed E-state index contributed by atoms with van der Waals surface area (Å²) in [5, 5.41) is 4.42. The van der Waals surface area contributed by atoms with Crippen LogP contribution >= 0.6 is 11.8 Å². The average Bonchev–Trinajstić information content (AvgIpc) is 2.48. The number of thioether (sulfide) groups is 1. The molecule has 0 radical (unpaired) electrons. The minimum Gasteiger partial charge on any atom is -0.359 e. The van der Waals surface area contributed by atoms with E-state index in [-0.39, 0.29) is 5.54 Å². The zero-order valence-electron chi connectivity index (χ0n) is 9.00. The lowest BCUT2D eigenvalue weighted by atomic mass is 10.0. The van der Waals surface area contributed by atoms with Crippen molar-refractivity contribution in [1.29, 1.82) is 0 Å². The zero-order valence-corrected chi connectivity index (χ0v) is 10.6. The van der Waals surface area contributed by atoms with Gasteiger partial charge < -0.3 is 5.32 Å². The van der Waals surface area contributed by atoms with Gasteiger partial charge in [-0.1, -0.05) is 18.7 Å². The Morgan fingerprint density at radius 2 is 2.43 bits per heavy atom. The van der Waals surface area contributed by atoms with E-state index in [1.165, 1.54) is 0 Å². The van der Waals surface area contributed by atoms with E-state index in [0.717, 1.165) is 17.3 Å². The van der Waals surface area contributed by atoms with Crippen molar-refractivity contribution in [2.24, 2.45) is 4.99 Å². The first-order chi connectivity index (χ1) is 6.56. The van der Waals surface area contributed by atoms with Gasteiger partial charge in [0.1, 0.15) is 0 Å². The first-order valence-electron chi connectivity index (χ1n) is 4.81. The molecule has 2 atom stereocenters. The first kappa shape index (κ1) is 12.0. The van der Waals surface area contributed by atoms with Gasteiger partial charge in [-0.2, -0.15) is 0 Å². The molecule has 5 heteroatoms. The molecule has 0 saturated carbocycles. The molecular weight excluding hydrogens is 216 g/mol. The highest BCUT2D eigenvalue weighted by Gasteiger charge is 2.30. The normalized spacial score (nSPS) is 31.8. The van der Waals surface area contributed by atoms with Crippen LogP contribution in [-0.4, -0.2) is 39.2 Å². The molecule has 3 nitrogen and oxygen atoms in total. The van der Waals surface area contributed by atoms with Crippen molar-refractivity contribution in [2.45, 2.75) is 25.8 Å². The van der Waals surface area contributed by atoms with Crippen LogP contribution in [0.3, 0.4) is 0 Å². The van der Waals surface area contributed by atoms with Gasteiger partial charge >= 0.3 is 0 Å². The molecule has 0 bridgehead atoms. The highest BCUT2D eigenvalue weighted by molar-refractivity contribution is 8.14. The Kier molecular flexibility index (Phi) is 4.44. The van der Waals surface area contributed by atoms with E-state index < -0.39 is 10.8 Å². The Morgan fingerprint density at radius 3 is 2.93 bits per heavy atom. The molecule has 1 fully saturated rings. The van der Waals surface area contributed by atoms with Crippen molar-refractivity contribution in [3.63, 3.8) is 0 Å². The van der Waals surface area contributed by atoms with Gasteiger partial charge in [-0.3, -0.25) is 9.20 Å². The molecule has 1 N–H and O–H groups in total. The van der Waals surface area contributed by atoms with E-state index >= 15 is 0 Å². The summed E-state index contributed by atoms with van der Waals surface area (Å²) in [6, 6.07) is 0. The van der Waals surface area contributed by atoms with Crippen LogP contribution in [0.4, 0.5) is 0 Å². The van der Waals surface area contributed by atoms with Gasteiger partial charge in [0.25, 0.3) is 0 Å². The van der Waals surface area contributed by atoms with E-state index in [0.29, 0.717) is 12.3 Å². The quantitative estimate of drug-likeness (QED) is 0.795. The summed E-state index contributed by atoms with van der Waals surface area (Å²) in [4.78, 5) is 4.38. The summed E-state index contributed by atoms with van der Waals surface area (Å²) in [6.07, 6.45) is 2.82. The maximum atomic E-state index is 10.8. The summed E-state index contributed by atoms with van der Waals surface area (Å²) >= 11 is 1.77. The molecule has 1 heterocycles. The monoisotopic (exact) mass is 234 g/mol. The van der Waals surface area contributed by atoms with Gasteiger partial charge in [-0.05, 0) is 13.3 Å². The second kappa shape index (κ2) is 5.16. The van der Waals surface area contributed by atoms with Crippen molar-refractivity contribution in [3.8, 4) is 0 Å². The smallest absolute Gasteiger partial charge is 0.157 e. The van der Waals surface area contributed by atoms with E-state index in [4.69, 9.17) is 0 Å². The van der Waals surface area contributed by atoms with Crippen molar-refractivity contribution in [3.05, 3.63) is 0 Å². The number of nitrogens with zero attached hydrogens (tertiary/aromatic N) is 1.